The maximum Gasteiger partial charge on any atom is 0.274 e. The predicted octanol–water partition coefficient (Wildman–Crippen LogP) is 2.69. The number of phenols is 1. The summed E-state index contributed by atoms with van der Waals surface area (Å²) in [5.74, 6) is -0.0298. The van der Waals surface area contributed by atoms with Crippen LogP contribution in [-0.2, 0) is 0 Å². The Morgan fingerprint density at radius 1 is 1.65 bits per heavy atom. The number of rotatable bonds is 4. The molecule has 3 N–H and O–H groups in total. The van der Waals surface area contributed by atoms with Crippen molar-refractivity contribution in [2.24, 2.45) is 5.73 Å². The van der Waals surface area contributed by atoms with Gasteiger partial charge in [0.15, 0.2) is 0 Å². The van der Waals surface area contributed by atoms with E-state index in [1.165, 1.54) is 18.2 Å². The standard InChI is InChI=1S/C11H14N2O3.ClH/c1-7(2)5-10(12)9-6-8(14)3-4-11(9)13(15)16;/h3-4,6,10,14H,1,5,12H2,2H3;1H/t10-;/m1./s1. The average molecular weight is 259 g/mol. The predicted molar refractivity (Wildman–Crippen MR) is 68.4 cm³/mol. The number of nitro benzene ring substituents is 1. The maximum atomic E-state index is 10.8. The fourth-order valence-corrected chi connectivity index (χ4v) is 1.49. The van der Waals surface area contributed by atoms with Gasteiger partial charge in [0.05, 0.1) is 10.5 Å². The normalized spacial score (nSPS) is 11.4. The largest absolute Gasteiger partial charge is 0.508 e. The molecule has 0 aliphatic rings. The van der Waals surface area contributed by atoms with Gasteiger partial charge < -0.3 is 10.8 Å². The number of hydrogen-bond acceptors (Lipinski definition) is 4. The van der Waals surface area contributed by atoms with Gasteiger partial charge in [-0.3, -0.25) is 10.1 Å². The van der Waals surface area contributed by atoms with Crippen LogP contribution in [0.2, 0.25) is 0 Å². The van der Waals surface area contributed by atoms with Crippen molar-refractivity contribution in [2.75, 3.05) is 0 Å². The Morgan fingerprint density at radius 2 is 2.24 bits per heavy atom. The van der Waals surface area contributed by atoms with Crippen LogP contribution in [-0.4, -0.2) is 10.0 Å². The van der Waals surface area contributed by atoms with Crippen molar-refractivity contribution in [3.63, 3.8) is 0 Å². The lowest BCUT2D eigenvalue weighted by Crippen LogP contribution is -2.12. The Bertz CT molecular complexity index is 435. The van der Waals surface area contributed by atoms with Crippen LogP contribution < -0.4 is 5.73 Å². The second-order valence-electron chi connectivity index (χ2n) is 3.77. The Kier molecular flexibility index (Phi) is 5.64. The summed E-state index contributed by atoms with van der Waals surface area (Å²) in [4.78, 5) is 10.3. The van der Waals surface area contributed by atoms with Crippen molar-refractivity contribution in [1.29, 1.82) is 0 Å². The van der Waals surface area contributed by atoms with E-state index in [-0.39, 0.29) is 23.8 Å². The van der Waals surface area contributed by atoms with E-state index in [1.54, 1.807) is 6.92 Å². The fourth-order valence-electron chi connectivity index (χ4n) is 1.49. The number of nitro groups is 1. The summed E-state index contributed by atoms with van der Waals surface area (Å²) in [5, 5.41) is 20.1. The molecule has 1 aromatic carbocycles. The van der Waals surface area contributed by atoms with Gasteiger partial charge in [0.1, 0.15) is 5.75 Å². The monoisotopic (exact) mass is 258 g/mol. The van der Waals surface area contributed by atoms with E-state index >= 15 is 0 Å². The van der Waals surface area contributed by atoms with Gasteiger partial charge >= 0.3 is 0 Å². The molecule has 0 aliphatic heterocycles. The molecule has 0 radical (unpaired) electrons. The first-order chi connectivity index (χ1) is 7.41. The molecular weight excluding hydrogens is 244 g/mol. The van der Waals surface area contributed by atoms with Gasteiger partial charge in [-0.05, 0) is 25.5 Å². The van der Waals surface area contributed by atoms with Crippen LogP contribution in [0.3, 0.4) is 0 Å². The smallest absolute Gasteiger partial charge is 0.274 e. The molecule has 17 heavy (non-hydrogen) atoms. The van der Waals surface area contributed by atoms with E-state index in [4.69, 9.17) is 5.73 Å². The van der Waals surface area contributed by atoms with Crippen LogP contribution >= 0.6 is 12.4 Å². The molecule has 1 atom stereocenters. The van der Waals surface area contributed by atoms with Gasteiger partial charge in [-0.1, -0.05) is 5.57 Å². The van der Waals surface area contributed by atoms with Gasteiger partial charge in [-0.15, -0.1) is 19.0 Å². The van der Waals surface area contributed by atoms with E-state index in [2.05, 4.69) is 6.58 Å². The average Bonchev–Trinajstić information content (AvgIpc) is 2.15. The molecule has 0 aliphatic carbocycles. The molecule has 6 heteroatoms. The highest BCUT2D eigenvalue weighted by Gasteiger charge is 2.19. The molecule has 0 spiro atoms. The third-order valence-corrected chi connectivity index (χ3v) is 2.18. The third kappa shape index (κ3) is 4.05. The highest BCUT2D eigenvalue weighted by Crippen LogP contribution is 2.30. The van der Waals surface area contributed by atoms with Gasteiger partial charge in [-0.2, -0.15) is 0 Å². The minimum atomic E-state index is -0.523. The highest BCUT2D eigenvalue weighted by molar-refractivity contribution is 5.85. The molecule has 0 saturated carbocycles. The summed E-state index contributed by atoms with van der Waals surface area (Å²) in [5.41, 5.74) is 6.91. The van der Waals surface area contributed by atoms with Crippen molar-refractivity contribution >= 4 is 18.1 Å². The van der Waals surface area contributed by atoms with Crippen LogP contribution in [0.5, 0.6) is 5.75 Å². The third-order valence-electron chi connectivity index (χ3n) is 2.18. The van der Waals surface area contributed by atoms with Gasteiger partial charge in [0, 0.05) is 12.1 Å². The van der Waals surface area contributed by atoms with E-state index in [9.17, 15) is 15.2 Å². The van der Waals surface area contributed by atoms with Gasteiger partial charge in [-0.25, -0.2) is 0 Å². The van der Waals surface area contributed by atoms with Crippen molar-refractivity contribution in [3.05, 3.63) is 46.0 Å². The SMILES string of the molecule is C=C(C)C[C@@H](N)c1cc(O)ccc1[N+](=O)[O-].Cl. The summed E-state index contributed by atoms with van der Waals surface area (Å²) in [6.07, 6.45) is 0.449. The summed E-state index contributed by atoms with van der Waals surface area (Å²) in [7, 11) is 0. The fraction of sp³-hybridized carbons (Fsp3) is 0.273. The summed E-state index contributed by atoms with van der Waals surface area (Å²) >= 11 is 0. The number of nitrogens with two attached hydrogens (primary N) is 1. The summed E-state index contributed by atoms with van der Waals surface area (Å²) < 4.78 is 0. The lowest BCUT2D eigenvalue weighted by Gasteiger charge is -2.12. The Balaban J connectivity index is 0.00000256. The zero-order chi connectivity index (χ0) is 12.3. The zero-order valence-corrected chi connectivity index (χ0v) is 10.2. The van der Waals surface area contributed by atoms with Crippen molar-refractivity contribution < 1.29 is 10.0 Å². The second kappa shape index (κ2) is 6.22. The molecule has 0 aromatic heterocycles. The molecule has 0 unspecified atom stereocenters. The molecular formula is C11H15ClN2O3. The topological polar surface area (TPSA) is 89.4 Å². The molecule has 1 rings (SSSR count). The Labute approximate surface area is 106 Å². The van der Waals surface area contributed by atoms with Gasteiger partial charge in [0.25, 0.3) is 5.69 Å². The maximum absolute atomic E-state index is 10.8. The van der Waals surface area contributed by atoms with Crippen molar-refractivity contribution in [1.82, 2.24) is 0 Å². The summed E-state index contributed by atoms with van der Waals surface area (Å²) in [6, 6.07) is 3.33. The molecule has 1 aromatic rings. The van der Waals surface area contributed by atoms with Crippen molar-refractivity contribution in [2.45, 2.75) is 19.4 Å². The zero-order valence-electron chi connectivity index (χ0n) is 9.42. The lowest BCUT2D eigenvalue weighted by molar-refractivity contribution is -0.385. The highest BCUT2D eigenvalue weighted by atomic mass is 35.5. The lowest BCUT2D eigenvalue weighted by atomic mass is 9.99. The summed E-state index contributed by atoms with van der Waals surface area (Å²) in [6.45, 7) is 5.51. The Morgan fingerprint density at radius 3 is 2.71 bits per heavy atom. The first-order valence-electron chi connectivity index (χ1n) is 4.79. The van der Waals surface area contributed by atoms with Crippen molar-refractivity contribution in [3.8, 4) is 5.75 Å². The van der Waals surface area contributed by atoms with Crippen LogP contribution in [0.15, 0.2) is 30.4 Å². The number of halogens is 1. The second-order valence-corrected chi connectivity index (χ2v) is 3.77. The molecule has 5 nitrogen and oxygen atoms in total. The van der Waals surface area contributed by atoms with E-state index in [0.717, 1.165) is 5.57 Å². The molecule has 94 valence electrons. The first kappa shape index (κ1) is 15.4. The van der Waals surface area contributed by atoms with Crippen LogP contribution in [0.1, 0.15) is 24.9 Å². The minimum Gasteiger partial charge on any atom is -0.508 e. The number of benzene rings is 1. The van der Waals surface area contributed by atoms with Crippen LogP contribution in [0, 0.1) is 10.1 Å². The quantitative estimate of drug-likeness (QED) is 0.494. The minimum absolute atomic E-state index is 0. The molecule has 0 amide bonds. The number of hydrogen-bond donors (Lipinski definition) is 2. The molecule has 0 heterocycles. The van der Waals surface area contributed by atoms with Crippen LogP contribution in [0.4, 0.5) is 5.69 Å². The Hall–Kier alpha value is -1.59. The molecule has 0 fully saturated rings. The first-order valence-corrected chi connectivity index (χ1v) is 4.79. The van der Waals surface area contributed by atoms with Crippen LogP contribution in [0.25, 0.3) is 0 Å². The number of nitrogens with zero attached hydrogens (tertiary/aromatic N) is 1. The van der Waals surface area contributed by atoms with E-state index in [0.29, 0.717) is 12.0 Å². The van der Waals surface area contributed by atoms with E-state index in [1.807, 2.05) is 0 Å². The number of phenolic OH excluding ortho intramolecular Hbond substituents is 1. The molecule has 0 saturated heterocycles. The number of aromatic hydroxyl groups is 1. The van der Waals surface area contributed by atoms with Gasteiger partial charge in [0.2, 0.25) is 0 Å². The molecule has 0 bridgehead atoms. The van der Waals surface area contributed by atoms with E-state index < -0.39 is 11.0 Å².